The molecule has 0 spiro atoms. The van der Waals surface area contributed by atoms with Crippen LogP contribution in [0.25, 0.3) is 21.8 Å². The van der Waals surface area contributed by atoms with Gasteiger partial charge in [0.1, 0.15) is 5.75 Å². The zero-order valence-corrected chi connectivity index (χ0v) is 18.0. The molecule has 0 bridgehead atoms. The number of fused-ring (bicyclic) bond motifs is 2. The van der Waals surface area contributed by atoms with E-state index >= 15 is 0 Å². The van der Waals surface area contributed by atoms with Gasteiger partial charge in [-0.1, -0.05) is 31.5 Å². The van der Waals surface area contributed by atoms with Crippen LogP contribution in [-0.4, -0.2) is 43.7 Å². The first-order valence-corrected chi connectivity index (χ1v) is 10.5. The summed E-state index contributed by atoms with van der Waals surface area (Å²) in [6.45, 7) is 7.74. The van der Waals surface area contributed by atoms with Crippen LogP contribution in [0.1, 0.15) is 38.3 Å². The number of aromatic nitrogens is 1. The molecule has 1 N–H and O–H groups in total. The minimum Gasteiger partial charge on any atom is -0.497 e. The predicted molar refractivity (Wildman–Crippen MR) is 120 cm³/mol. The normalized spacial score (nSPS) is 12.8. The lowest BCUT2D eigenvalue weighted by atomic mass is 9.93. The Hall–Kier alpha value is -1.88. The summed E-state index contributed by atoms with van der Waals surface area (Å²) in [5.41, 5.74) is 3.18. The van der Waals surface area contributed by atoms with Crippen molar-refractivity contribution in [1.29, 1.82) is 0 Å². The molecule has 0 saturated heterocycles. The van der Waals surface area contributed by atoms with E-state index < -0.39 is 0 Å². The van der Waals surface area contributed by atoms with Crippen molar-refractivity contribution in [3.8, 4) is 5.75 Å². The summed E-state index contributed by atoms with van der Waals surface area (Å²) in [6.07, 6.45) is 2.19. The minimum absolute atomic E-state index is 0.233. The van der Waals surface area contributed by atoms with E-state index in [4.69, 9.17) is 21.3 Å². The second kappa shape index (κ2) is 9.55. The summed E-state index contributed by atoms with van der Waals surface area (Å²) >= 11 is 6.25. The SMILES string of the molecule is CCN(CC)CCCC(NC)c1c2ccc(Cl)cc2nc2ccc(OC)cc12. The van der Waals surface area contributed by atoms with Crippen LogP contribution >= 0.6 is 11.6 Å². The summed E-state index contributed by atoms with van der Waals surface area (Å²) in [7, 11) is 3.74. The van der Waals surface area contributed by atoms with Crippen molar-refractivity contribution in [2.45, 2.75) is 32.7 Å². The van der Waals surface area contributed by atoms with Gasteiger partial charge in [0.25, 0.3) is 0 Å². The number of halogens is 1. The topological polar surface area (TPSA) is 37.4 Å². The maximum absolute atomic E-state index is 6.25. The Bertz CT molecular complexity index is 940. The van der Waals surface area contributed by atoms with Gasteiger partial charge in [-0.05, 0) is 75.4 Å². The molecule has 1 heterocycles. The third-order valence-electron chi connectivity index (χ3n) is 5.54. The zero-order valence-electron chi connectivity index (χ0n) is 17.3. The highest BCUT2D eigenvalue weighted by Gasteiger charge is 2.18. The van der Waals surface area contributed by atoms with Gasteiger partial charge in [0, 0.05) is 21.8 Å². The monoisotopic (exact) mass is 399 g/mol. The molecule has 0 aliphatic carbocycles. The van der Waals surface area contributed by atoms with Crippen LogP contribution in [0.15, 0.2) is 36.4 Å². The van der Waals surface area contributed by atoms with Gasteiger partial charge >= 0.3 is 0 Å². The molecule has 2 aromatic carbocycles. The van der Waals surface area contributed by atoms with E-state index in [9.17, 15) is 0 Å². The second-order valence-corrected chi connectivity index (χ2v) is 7.52. The van der Waals surface area contributed by atoms with Crippen molar-refractivity contribution in [3.63, 3.8) is 0 Å². The maximum Gasteiger partial charge on any atom is 0.119 e. The van der Waals surface area contributed by atoms with E-state index in [1.54, 1.807) is 7.11 Å². The van der Waals surface area contributed by atoms with E-state index in [0.29, 0.717) is 5.02 Å². The average Bonchev–Trinajstić information content (AvgIpc) is 2.72. The van der Waals surface area contributed by atoms with Crippen LogP contribution in [-0.2, 0) is 0 Å². The molecule has 0 amide bonds. The van der Waals surface area contributed by atoms with Gasteiger partial charge in [0.2, 0.25) is 0 Å². The fourth-order valence-electron chi connectivity index (χ4n) is 3.92. The smallest absolute Gasteiger partial charge is 0.119 e. The summed E-state index contributed by atoms with van der Waals surface area (Å²) in [5.74, 6) is 0.849. The summed E-state index contributed by atoms with van der Waals surface area (Å²) in [4.78, 5) is 7.32. The number of hydrogen-bond acceptors (Lipinski definition) is 4. The average molecular weight is 400 g/mol. The van der Waals surface area contributed by atoms with Gasteiger partial charge in [-0.3, -0.25) is 0 Å². The lowest BCUT2D eigenvalue weighted by Crippen LogP contribution is -2.25. The van der Waals surface area contributed by atoms with Gasteiger partial charge in [-0.15, -0.1) is 0 Å². The van der Waals surface area contributed by atoms with Crippen LogP contribution in [0.5, 0.6) is 5.75 Å². The first kappa shape index (κ1) is 20.8. The lowest BCUT2D eigenvalue weighted by Gasteiger charge is -2.23. The molecule has 3 aromatic rings. The molecule has 0 saturated carbocycles. The molecule has 1 unspecified atom stereocenters. The molecular weight excluding hydrogens is 370 g/mol. The zero-order chi connectivity index (χ0) is 20.1. The molecule has 5 heteroatoms. The molecule has 0 fully saturated rings. The number of nitrogens with zero attached hydrogens (tertiary/aromatic N) is 2. The summed E-state index contributed by atoms with van der Waals surface area (Å²) < 4.78 is 5.49. The highest BCUT2D eigenvalue weighted by atomic mass is 35.5. The van der Waals surface area contributed by atoms with E-state index in [1.165, 1.54) is 5.56 Å². The van der Waals surface area contributed by atoms with Gasteiger partial charge in [0.15, 0.2) is 0 Å². The minimum atomic E-state index is 0.233. The first-order valence-electron chi connectivity index (χ1n) is 10.1. The maximum atomic E-state index is 6.25. The predicted octanol–water partition coefficient (Wildman–Crippen LogP) is 5.43. The molecule has 0 aliphatic heterocycles. The molecule has 0 radical (unpaired) electrons. The van der Waals surface area contributed by atoms with E-state index in [-0.39, 0.29) is 6.04 Å². The van der Waals surface area contributed by atoms with Crippen molar-refractivity contribution in [1.82, 2.24) is 15.2 Å². The number of hydrogen-bond donors (Lipinski definition) is 1. The Kier molecular flexibility index (Phi) is 7.11. The largest absolute Gasteiger partial charge is 0.497 e. The molecule has 150 valence electrons. The van der Waals surface area contributed by atoms with Crippen LogP contribution in [0.4, 0.5) is 0 Å². The fourth-order valence-corrected chi connectivity index (χ4v) is 4.09. The molecule has 1 aromatic heterocycles. The number of benzene rings is 2. The number of ether oxygens (including phenoxy) is 1. The second-order valence-electron chi connectivity index (χ2n) is 7.08. The fraction of sp³-hybridized carbons (Fsp3) is 0.435. The van der Waals surface area contributed by atoms with Gasteiger partial charge < -0.3 is 15.0 Å². The third-order valence-corrected chi connectivity index (χ3v) is 5.78. The van der Waals surface area contributed by atoms with Crippen molar-refractivity contribution < 1.29 is 4.74 Å². The van der Waals surface area contributed by atoms with Crippen molar-refractivity contribution >= 4 is 33.4 Å². The molecule has 0 aliphatic rings. The molecule has 28 heavy (non-hydrogen) atoms. The van der Waals surface area contributed by atoms with Gasteiger partial charge in [-0.2, -0.15) is 0 Å². The molecular formula is C23H30ClN3O. The number of nitrogens with one attached hydrogen (secondary N) is 1. The summed E-state index contributed by atoms with van der Waals surface area (Å²) in [5, 5.41) is 6.54. The van der Waals surface area contributed by atoms with Crippen LogP contribution in [0, 0.1) is 0 Å². The highest BCUT2D eigenvalue weighted by molar-refractivity contribution is 6.31. The standard InChI is InChI=1S/C23H30ClN3O/c1-5-27(6-2)13-7-8-21(25-3)23-18-11-9-16(24)14-22(18)26-20-12-10-17(28-4)15-19(20)23/h9-12,14-15,21,25H,5-8,13H2,1-4H3. The van der Waals surface area contributed by atoms with Crippen LogP contribution in [0.2, 0.25) is 5.02 Å². The Morgan fingerprint density at radius 3 is 2.54 bits per heavy atom. The van der Waals surface area contributed by atoms with Crippen LogP contribution < -0.4 is 10.1 Å². The molecule has 1 atom stereocenters. The van der Waals surface area contributed by atoms with E-state index in [0.717, 1.165) is 60.0 Å². The van der Waals surface area contributed by atoms with E-state index in [2.05, 4.69) is 36.2 Å². The number of methoxy groups -OCH3 is 1. The first-order chi connectivity index (χ1) is 13.6. The van der Waals surface area contributed by atoms with Crippen LogP contribution in [0.3, 0.4) is 0 Å². The Morgan fingerprint density at radius 2 is 1.86 bits per heavy atom. The summed E-state index contributed by atoms with van der Waals surface area (Å²) in [6, 6.07) is 12.3. The number of pyridine rings is 1. The third kappa shape index (κ3) is 4.40. The number of rotatable bonds is 9. The van der Waals surface area contributed by atoms with Crippen molar-refractivity contribution in [3.05, 3.63) is 47.0 Å². The molecule has 3 rings (SSSR count). The quantitative estimate of drug-likeness (QED) is 0.486. The van der Waals surface area contributed by atoms with Gasteiger partial charge in [0.05, 0.1) is 18.1 Å². The van der Waals surface area contributed by atoms with E-state index in [1.807, 2.05) is 31.3 Å². The lowest BCUT2D eigenvalue weighted by molar-refractivity contribution is 0.291. The van der Waals surface area contributed by atoms with Crippen molar-refractivity contribution in [2.75, 3.05) is 33.8 Å². The highest BCUT2D eigenvalue weighted by Crippen LogP contribution is 2.35. The Morgan fingerprint density at radius 1 is 1.07 bits per heavy atom. The Balaban J connectivity index is 2.08. The Labute approximate surface area is 172 Å². The van der Waals surface area contributed by atoms with Crippen molar-refractivity contribution in [2.24, 2.45) is 0 Å². The molecule has 4 nitrogen and oxygen atoms in total. The van der Waals surface area contributed by atoms with Gasteiger partial charge in [-0.25, -0.2) is 4.98 Å².